The Morgan fingerprint density at radius 2 is 1.90 bits per heavy atom. The Morgan fingerprint density at radius 3 is 2.38 bits per heavy atom. The van der Waals surface area contributed by atoms with E-state index in [0.29, 0.717) is 5.69 Å². The fourth-order valence-corrected chi connectivity index (χ4v) is 4.31. The number of hydrogen-bond donors (Lipinski definition) is 3. The van der Waals surface area contributed by atoms with Gasteiger partial charge in [-0.2, -0.15) is 0 Å². The monoisotopic (exact) mass is 314 g/mol. The van der Waals surface area contributed by atoms with E-state index in [0.717, 1.165) is 5.56 Å². The van der Waals surface area contributed by atoms with Gasteiger partial charge in [-0.25, -0.2) is 8.42 Å². The van der Waals surface area contributed by atoms with Gasteiger partial charge in [0.05, 0.1) is 30.2 Å². The maximum absolute atomic E-state index is 11.6. The molecule has 1 aromatic rings. The van der Waals surface area contributed by atoms with Crippen LogP contribution in [0.4, 0.5) is 5.69 Å². The number of nitrogens with two attached hydrogens (primary N) is 1. The summed E-state index contributed by atoms with van der Waals surface area (Å²) in [5.41, 5.74) is 6.99. The summed E-state index contributed by atoms with van der Waals surface area (Å²) in [6.07, 6.45) is -1.07. The zero-order valence-electron chi connectivity index (χ0n) is 11.3. The largest absolute Gasteiger partial charge is 0.480 e. The molecule has 1 heterocycles. The molecule has 0 bridgehead atoms. The number of carboxylic acid groups (broad SMARTS) is 1. The number of nitrogens with zero attached hydrogens (tertiary/aromatic N) is 1. The molecule has 0 radical (unpaired) electrons. The molecule has 0 unspecified atom stereocenters. The first-order valence-electron chi connectivity index (χ1n) is 6.45. The van der Waals surface area contributed by atoms with Gasteiger partial charge in [-0.15, -0.1) is 0 Å². The fraction of sp³-hybridized carbons (Fsp3) is 0.462. The van der Waals surface area contributed by atoms with Crippen molar-refractivity contribution in [3.8, 4) is 0 Å². The van der Waals surface area contributed by atoms with E-state index in [1.54, 1.807) is 24.3 Å². The lowest BCUT2D eigenvalue weighted by atomic mass is 10.1. The molecule has 0 amide bonds. The standard InChI is InChI=1S/C13H18N2O5S/c14-10-3-1-9(2-4-10)5-15(6-13(17)18)11-7-21(19,20)8-12(11)16/h1-4,11-12,16H,5-8,14H2,(H,17,18)/t11-,12+/m0/s1. The molecule has 7 nitrogen and oxygen atoms in total. The lowest BCUT2D eigenvalue weighted by Crippen LogP contribution is -2.45. The SMILES string of the molecule is Nc1ccc(CN(CC(=O)O)[C@H]2CS(=O)(=O)C[C@H]2O)cc1. The summed E-state index contributed by atoms with van der Waals surface area (Å²) in [5.74, 6) is -1.62. The third-order valence-electron chi connectivity index (χ3n) is 3.47. The summed E-state index contributed by atoms with van der Waals surface area (Å²) < 4.78 is 23.2. The minimum absolute atomic E-state index is 0.226. The van der Waals surface area contributed by atoms with Gasteiger partial charge in [0.1, 0.15) is 0 Å². The van der Waals surface area contributed by atoms with E-state index in [2.05, 4.69) is 0 Å². The minimum atomic E-state index is -3.33. The minimum Gasteiger partial charge on any atom is -0.480 e. The van der Waals surface area contributed by atoms with Crippen molar-refractivity contribution in [2.24, 2.45) is 0 Å². The molecule has 21 heavy (non-hydrogen) atoms. The first-order chi connectivity index (χ1) is 9.77. The van der Waals surface area contributed by atoms with Crippen LogP contribution in [0, 0.1) is 0 Å². The summed E-state index contributed by atoms with van der Waals surface area (Å²) in [4.78, 5) is 12.5. The van der Waals surface area contributed by atoms with Gasteiger partial charge in [0.2, 0.25) is 0 Å². The molecule has 4 N–H and O–H groups in total. The van der Waals surface area contributed by atoms with Crippen molar-refractivity contribution < 1.29 is 23.4 Å². The summed E-state index contributed by atoms with van der Waals surface area (Å²) in [6.45, 7) is -0.0918. The van der Waals surface area contributed by atoms with Crippen LogP contribution in [-0.2, 0) is 21.2 Å². The van der Waals surface area contributed by atoms with E-state index >= 15 is 0 Å². The number of carbonyl (C=O) groups is 1. The average molecular weight is 314 g/mol. The van der Waals surface area contributed by atoms with Gasteiger partial charge < -0.3 is 15.9 Å². The van der Waals surface area contributed by atoms with Crippen LogP contribution in [0.5, 0.6) is 0 Å². The van der Waals surface area contributed by atoms with Crippen LogP contribution in [0.3, 0.4) is 0 Å². The first-order valence-corrected chi connectivity index (χ1v) is 8.28. The molecule has 0 saturated carbocycles. The molecule has 0 aliphatic carbocycles. The zero-order chi connectivity index (χ0) is 15.6. The second-order valence-electron chi connectivity index (χ2n) is 5.25. The zero-order valence-corrected chi connectivity index (χ0v) is 12.2. The molecule has 1 aromatic carbocycles. The van der Waals surface area contributed by atoms with Crippen molar-refractivity contribution in [3.63, 3.8) is 0 Å². The van der Waals surface area contributed by atoms with Gasteiger partial charge in [-0.3, -0.25) is 9.69 Å². The molecule has 1 aliphatic heterocycles. The maximum atomic E-state index is 11.6. The Morgan fingerprint density at radius 1 is 1.29 bits per heavy atom. The molecule has 8 heteroatoms. The molecule has 1 fully saturated rings. The lowest BCUT2D eigenvalue weighted by molar-refractivity contribution is -0.139. The number of benzene rings is 1. The number of nitrogen functional groups attached to an aromatic ring is 1. The highest BCUT2D eigenvalue weighted by Gasteiger charge is 2.40. The van der Waals surface area contributed by atoms with Crippen molar-refractivity contribution in [2.45, 2.75) is 18.7 Å². The fourth-order valence-electron chi connectivity index (χ4n) is 2.48. The van der Waals surface area contributed by atoms with E-state index < -0.39 is 28.0 Å². The van der Waals surface area contributed by atoms with Crippen molar-refractivity contribution >= 4 is 21.5 Å². The van der Waals surface area contributed by atoms with Crippen molar-refractivity contribution in [1.29, 1.82) is 0 Å². The van der Waals surface area contributed by atoms with Crippen LogP contribution in [0.2, 0.25) is 0 Å². The highest BCUT2D eigenvalue weighted by atomic mass is 32.2. The number of aliphatic hydroxyl groups is 1. The molecule has 0 aromatic heterocycles. The molecule has 1 saturated heterocycles. The Kier molecular flexibility index (Phi) is 4.50. The van der Waals surface area contributed by atoms with Crippen LogP contribution in [0.15, 0.2) is 24.3 Å². The third-order valence-corrected chi connectivity index (χ3v) is 5.17. The number of sulfone groups is 1. The molecule has 2 rings (SSSR count). The smallest absolute Gasteiger partial charge is 0.317 e. The topological polar surface area (TPSA) is 121 Å². The summed E-state index contributed by atoms with van der Waals surface area (Å²) in [7, 11) is -3.33. The van der Waals surface area contributed by atoms with Crippen LogP contribution in [-0.4, -0.2) is 59.7 Å². The quantitative estimate of drug-likeness (QED) is 0.615. The van der Waals surface area contributed by atoms with Gasteiger partial charge in [-0.05, 0) is 17.7 Å². The van der Waals surface area contributed by atoms with Crippen LogP contribution < -0.4 is 5.73 Å². The number of carboxylic acids is 1. The van der Waals surface area contributed by atoms with Crippen LogP contribution in [0.1, 0.15) is 5.56 Å². The average Bonchev–Trinajstić information content (AvgIpc) is 2.64. The predicted octanol–water partition coefficient (Wildman–Crippen LogP) is -0.687. The van der Waals surface area contributed by atoms with Gasteiger partial charge in [0.25, 0.3) is 0 Å². The first kappa shape index (κ1) is 15.7. The van der Waals surface area contributed by atoms with E-state index in [1.807, 2.05) is 0 Å². The molecule has 1 aliphatic rings. The van der Waals surface area contributed by atoms with E-state index in [-0.39, 0.29) is 24.6 Å². The molecular formula is C13H18N2O5S. The highest BCUT2D eigenvalue weighted by Crippen LogP contribution is 2.21. The normalized spacial score (nSPS) is 24.3. The Balaban J connectivity index is 2.18. The number of hydrogen-bond acceptors (Lipinski definition) is 6. The molecule has 0 spiro atoms. The van der Waals surface area contributed by atoms with E-state index in [4.69, 9.17) is 10.8 Å². The Labute approximate surface area is 122 Å². The van der Waals surface area contributed by atoms with Crippen molar-refractivity contribution in [2.75, 3.05) is 23.8 Å². The van der Waals surface area contributed by atoms with E-state index in [9.17, 15) is 18.3 Å². The predicted molar refractivity (Wildman–Crippen MR) is 77.3 cm³/mol. The van der Waals surface area contributed by atoms with Crippen molar-refractivity contribution in [3.05, 3.63) is 29.8 Å². The second kappa shape index (κ2) is 6.00. The third kappa shape index (κ3) is 4.16. The Bertz CT molecular complexity index is 614. The van der Waals surface area contributed by atoms with Gasteiger partial charge in [-0.1, -0.05) is 12.1 Å². The molecule has 2 atom stereocenters. The van der Waals surface area contributed by atoms with Gasteiger partial charge in [0.15, 0.2) is 9.84 Å². The van der Waals surface area contributed by atoms with Crippen LogP contribution >= 0.6 is 0 Å². The number of rotatable bonds is 5. The summed E-state index contributed by atoms with van der Waals surface area (Å²) >= 11 is 0. The van der Waals surface area contributed by atoms with E-state index in [1.165, 1.54) is 4.90 Å². The van der Waals surface area contributed by atoms with Gasteiger partial charge >= 0.3 is 5.97 Å². The summed E-state index contributed by atoms with van der Waals surface area (Å²) in [5, 5.41) is 18.9. The summed E-state index contributed by atoms with van der Waals surface area (Å²) in [6, 6.07) is 6.18. The Hall–Kier alpha value is -1.64. The van der Waals surface area contributed by atoms with Gasteiger partial charge in [0, 0.05) is 12.2 Å². The number of anilines is 1. The lowest BCUT2D eigenvalue weighted by Gasteiger charge is -2.28. The van der Waals surface area contributed by atoms with Crippen molar-refractivity contribution in [1.82, 2.24) is 4.90 Å². The molecular weight excluding hydrogens is 296 g/mol. The number of aliphatic carboxylic acids is 1. The number of aliphatic hydroxyl groups excluding tert-OH is 1. The highest BCUT2D eigenvalue weighted by molar-refractivity contribution is 7.91. The maximum Gasteiger partial charge on any atom is 0.317 e. The molecule has 116 valence electrons. The second-order valence-corrected chi connectivity index (χ2v) is 7.41. The van der Waals surface area contributed by atoms with Crippen LogP contribution in [0.25, 0.3) is 0 Å².